The molecule has 28 heavy (non-hydrogen) atoms. The first-order chi connectivity index (χ1) is 13.5. The Balaban J connectivity index is 1.99. The summed E-state index contributed by atoms with van der Waals surface area (Å²) in [6, 6.07) is 8.01. The SMILES string of the molecule is CCc1c(-c2ccsc2)c(C(N)=O)c(C)n1CCc1ccc(OC)c(OC)c1. The van der Waals surface area contributed by atoms with Crippen LogP contribution < -0.4 is 15.2 Å². The van der Waals surface area contributed by atoms with Gasteiger partial charge in [-0.15, -0.1) is 0 Å². The van der Waals surface area contributed by atoms with Gasteiger partial charge in [0.15, 0.2) is 11.5 Å². The van der Waals surface area contributed by atoms with E-state index in [0.29, 0.717) is 11.3 Å². The molecule has 0 saturated carbocycles. The summed E-state index contributed by atoms with van der Waals surface area (Å²) in [4.78, 5) is 12.2. The molecule has 2 aromatic heterocycles. The molecule has 2 heterocycles. The number of aryl methyl sites for hydroxylation is 1. The number of carbonyl (C=O) groups is 1. The molecule has 0 fully saturated rings. The Bertz CT molecular complexity index is 974. The molecular weight excluding hydrogens is 372 g/mol. The average Bonchev–Trinajstić information content (AvgIpc) is 3.31. The van der Waals surface area contributed by atoms with Crippen LogP contribution in [0.5, 0.6) is 11.5 Å². The van der Waals surface area contributed by atoms with E-state index in [1.165, 1.54) is 0 Å². The maximum absolute atomic E-state index is 12.2. The number of rotatable bonds is 8. The Morgan fingerprint density at radius 2 is 1.93 bits per heavy atom. The van der Waals surface area contributed by atoms with E-state index in [1.54, 1.807) is 25.6 Å². The van der Waals surface area contributed by atoms with E-state index < -0.39 is 0 Å². The van der Waals surface area contributed by atoms with Crippen LogP contribution in [0.25, 0.3) is 11.1 Å². The highest BCUT2D eigenvalue weighted by molar-refractivity contribution is 7.08. The Morgan fingerprint density at radius 1 is 1.18 bits per heavy atom. The second-order valence-corrected chi connectivity index (χ2v) is 7.38. The molecule has 1 amide bonds. The normalized spacial score (nSPS) is 10.9. The number of primary amides is 1. The zero-order valence-electron chi connectivity index (χ0n) is 16.7. The Hall–Kier alpha value is -2.73. The highest BCUT2D eigenvalue weighted by Gasteiger charge is 2.24. The van der Waals surface area contributed by atoms with Gasteiger partial charge in [0.1, 0.15) is 0 Å². The third kappa shape index (κ3) is 3.64. The smallest absolute Gasteiger partial charge is 0.251 e. The van der Waals surface area contributed by atoms with E-state index in [2.05, 4.69) is 16.9 Å². The van der Waals surface area contributed by atoms with E-state index in [9.17, 15) is 4.79 Å². The number of benzene rings is 1. The van der Waals surface area contributed by atoms with Gasteiger partial charge in [0, 0.05) is 23.5 Å². The number of aromatic nitrogens is 1. The maximum Gasteiger partial charge on any atom is 0.251 e. The molecule has 0 bridgehead atoms. The fraction of sp³-hybridized carbons (Fsp3) is 0.318. The number of carbonyl (C=O) groups excluding carboxylic acids is 1. The minimum absolute atomic E-state index is 0.377. The Morgan fingerprint density at radius 3 is 2.50 bits per heavy atom. The standard InChI is InChI=1S/C22H26N2O3S/c1-5-17-21(16-9-11-28-13-16)20(22(23)25)14(2)24(17)10-8-15-6-7-18(26-3)19(12-15)27-4/h6-7,9,11-13H,5,8,10H2,1-4H3,(H2,23,25). The van der Waals surface area contributed by atoms with Crippen molar-refractivity contribution >= 4 is 17.2 Å². The van der Waals surface area contributed by atoms with E-state index in [-0.39, 0.29) is 5.91 Å². The molecule has 0 spiro atoms. The van der Waals surface area contributed by atoms with Crippen molar-refractivity contribution in [2.45, 2.75) is 33.2 Å². The molecule has 5 nitrogen and oxygen atoms in total. The average molecular weight is 399 g/mol. The van der Waals surface area contributed by atoms with Gasteiger partial charge < -0.3 is 19.8 Å². The monoisotopic (exact) mass is 398 g/mol. The van der Waals surface area contributed by atoms with Crippen LogP contribution in [-0.4, -0.2) is 24.7 Å². The van der Waals surface area contributed by atoms with E-state index >= 15 is 0 Å². The maximum atomic E-state index is 12.2. The Kier molecular flexibility index (Phi) is 6.09. The molecule has 0 saturated heterocycles. The molecule has 3 aromatic rings. The zero-order chi connectivity index (χ0) is 20.3. The van der Waals surface area contributed by atoms with Crippen LogP contribution >= 0.6 is 11.3 Å². The van der Waals surface area contributed by atoms with Gasteiger partial charge in [0.2, 0.25) is 0 Å². The van der Waals surface area contributed by atoms with Crippen molar-refractivity contribution in [3.05, 3.63) is 57.5 Å². The molecule has 0 atom stereocenters. The van der Waals surface area contributed by atoms with Crippen molar-refractivity contribution in [1.29, 1.82) is 0 Å². The van der Waals surface area contributed by atoms with Crippen molar-refractivity contribution in [2.24, 2.45) is 5.73 Å². The number of methoxy groups -OCH3 is 2. The van der Waals surface area contributed by atoms with Crippen molar-refractivity contribution < 1.29 is 14.3 Å². The van der Waals surface area contributed by atoms with Crippen LogP contribution in [0.1, 0.15) is 34.2 Å². The molecule has 1 aromatic carbocycles. The summed E-state index contributed by atoms with van der Waals surface area (Å²) in [5, 5.41) is 4.09. The number of nitrogens with zero attached hydrogens (tertiary/aromatic N) is 1. The number of hydrogen-bond acceptors (Lipinski definition) is 4. The van der Waals surface area contributed by atoms with Crippen molar-refractivity contribution in [3.63, 3.8) is 0 Å². The first-order valence-corrected chi connectivity index (χ1v) is 10.2. The van der Waals surface area contributed by atoms with Crippen LogP contribution in [0.2, 0.25) is 0 Å². The van der Waals surface area contributed by atoms with Gasteiger partial charge in [-0.1, -0.05) is 13.0 Å². The fourth-order valence-electron chi connectivity index (χ4n) is 3.76. The summed E-state index contributed by atoms with van der Waals surface area (Å²) in [6.45, 7) is 4.85. The van der Waals surface area contributed by atoms with E-state index in [0.717, 1.165) is 53.2 Å². The summed E-state index contributed by atoms with van der Waals surface area (Å²) in [5.41, 5.74) is 11.6. The molecule has 148 valence electrons. The van der Waals surface area contributed by atoms with Crippen molar-refractivity contribution in [1.82, 2.24) is 4.57 Å². The predicted octanol–water partition coefficient (Wildman–Crippen LogP) is 4.45. The summed E-state index contributed by atoms with van der Waals surface area (Å²) < 4.78 is 13.0. The summed E-state index contributed by atoms with van der Waals surface area (Å²) in [6.07, 6.45) is 1.63. The molecule has 0 aliphatic heterocycles. The highest BCUT2D eigenvalue weighted by atomic mass is 32.1. The summed E-state index contributed by atoms with van der Waals surface area (Å²) in [5.74, 6) is 1.06. The lowest BCUT2D eigenvalue weighted by Gasteiger charge is -2.13. The van der Waals surface area contributed by atoms with Gasteiger partial charge in [-0.05, 0) is 59.9 Å². The quantitative estimate of drug-likeness (QED) is 0.610. The lowest BCUT2D eigenvalue weighted by molar-refractivity contribution is 0.1000. The second-order valence-electron chi connectivity index (χ2n) is 6.60. The third-order valence-electron chi connectivity index (χ3n) is 5.09. The zero-order valence-corrected chi connectivity index (χ0v) is 17.6. The topological polar surface area (TPSA) is 66.5 Å². The number of hydrogen-bond donors (Lipinski definition) is 1. The van der Waals surface area contributed by atoms with Crippen LogP contribution in [0, 0.1) is 6.92 Å². The molecular formula is C22H26N2O3S. The first kappa shape index (κ1) is 20.0. The van der Waals surface area contributed by atoms with E-state index in [4.69, 9.17) is 15.2 Å². The second kappa shape index (κ2) is 8.52. The minimum Gasteiger partial charge on any atom is -0.493 e. The summed E-state index contributed by atoms with van der Waals surface area (Å²) in [7, 11) is 3.27. The van der Waals surface area contributed by atoms with Crippen LogP contribution in [-0.2, 0) is 19.4 Å². The van der Waals surface area contributed by atoms with Gasteiger partial charge in [-0.3, -0.25) is 4.79 Å². The molecule has 0 radical (unpaired) electrons. The molecule has 0 unspecified atom stereocenters. The number of amides is 1. The summed E-state index contributed by atoms with van der Waals surface area (Å²) >= 11 is 1.62. The number of thiophene rings is 1. The van der Waals surface area contributed by atoms with Gasteiger partial charge >= 0.3 is 0 Å². The Labute approximate surface area is 169 Å². The third-order valence-corrected chi connectivity index (χ3v) is 5.78. The predicted molar refractivity (Wildman–Crippen MR) is 114 cm³/mol. The van der Waals surface area contributed by atoms with Gasteiger partial charge in [0.25, 0.3) is 5.91 Å². The van der Waals surface area contributed by atoms with Crippen LogP contribution in [0.3, 0.4) is 0 Å². The van der Waals surface area contributed by atoms with Gasteiger partial charge in [-0.25, -0.2) is 0 Å². The van der Waals surface area contributed by atoms with Crippen LogP contribution in [0.15, 0.2) is 35.0 Å². The van der Waals surface area contributed by atoms with Gasteiger partial charge in [0.05, 0.1) is 19.8 Å². The molecule has 3 rings (SSSR count). The minimum atomic E-state index is -0.377. The number of nitrogens with two attached hydrogens (primary N) is 1. The first-order valence-electron chi connectivity index (χ1n) is 9.27. The van der Waals surface area contributed by atoms with Crippen molar-refractivity contribution in [3.8, 4) is 22.6 Å². The van der Waals surface area contributed by atoms with Gasteiger partial charge in [-0.2, -0.15) is 11.3 Å². The fourth-order valence-corrected chi connectivity index (χ4v) is 4.41. The molecule has 0 aliphatic rings. The lowest BCUT2D eigenvalue weighted by atomic mass is 10.0. The lowest BCUT2D eigenvalue weighted by Crippen LogP contribution is -2.13. The highest BCUT2D eigenvalue weighted by Crippen LogP contribution is 2.35. The number of ether oxygens (including phenoxy) is 2. The molecule has 6 heteroatoms. The largest absolute Gasteiger partial charge is 0.493 e. The van der Waals surface area contributed by atoms with Crippen molar-refractivity contribution in [2.75, 3.05) is 14.2 Å². The van der Waals surface area contributed by atoms with Crippen LogP contribution in [0.4, 0.5) is 0 Å². The molecule has 2 N–H and O–H groups in total. The molecule has 0 aliphatic carbocycles. The van der Waals surface area contributed by atoms with E-state index in [1.807, 2.05) is 36.6 Å².